The predicted octanol–water partition coefficient (Wildman–Crippen LogP) is 5.24. The summed E-state index contributed by atoms with van der Waals surface area (Å²) >= 11 is 7.56. The minimum Gasteiger partial charge on any atom is -0.397 e. The molecule has 0 bridgehead atoms. The molecule has 1 fully saturated rings. The van der Waals surface area contributed by atoms with Gasteiger partial charge >= 0.3 is 0 Å². The molecular weight excluding hydrogens is 432 g/mol. The molecule has 4 heterocycles. The van der Waals surface area contributed by atoms with Crippen molar-refractivity contribution < 1.29 is 9.53 Å². The number of anilines is 3. The number of aromatic nitrogens is 1. The molecule has 1 amide bonds. The summed E-state index contributed by atoms with van der Waals surface area (Å²) in [6, 6.07) is 7.17. The van der Waals surface area contributed by atoms with E-state index in [1.807, 2.05) is 12.1 Å². The minimum atomic E-state index is -0.294. The number of benzene rings is 1. The molecule has 1 saturated heterocycles. The van der Waals surface area contributed by atoms with Crippen LogP contribution in [-0.2, 0) is 17.8 Å². The second-order valence-electron chi connectivity index (χ2n) is 8.77. The highest BCUT2D eigenvalue weighted by Crippen LogP contribution is 2.44. The van der Waals surface area contributed by atoms with E-state index in [4.69, 9.17) is 27.1 Å². The molecule has 0 atom stereocenters. The summed E-state index contributed by atoms with van der Waals surface area (Å²) in [5, 5.41) is 4.27. The van der Waals surface area contributed by atoms with Gasteiger partial charge in [-0.3, -0.25) is 4.79 Å². The molecule has 3 N–H and O–H groups in total. The van der Waals surface area contributed by atoms with Crippen LogP contribution in [0.1, 0.15) is 47.5 Å². The molecule has 0 aliphatic carbocycles. The summed E-state index contributed by atoms with van der Waals surface area (Å²) in [5.41, 5.74) is 9.59. The molecule has 0 radical (unpaired) electrons. The van der Waals surface area contributed by atoms with Gasteiger partial charge in [0.25, 0.3) is 5.91 Å². The van der Waals surface area contributed by atoms with Gasteiger partial charge in [0.15, 0.2) is 0 Å². The average molecular weight is 457 g/mol. The van der Waals surface area contributed by atoms with E-state index in [0.29, 0.717) is 27.9 Å². The zero-order valence-electron chi connectivity index (χ0n) is 17.6. The second kappa shape index (κ2) is 7.65. The Labute approximate surface area is 190 Å². The minimum absolute atomic E-state index is 0.267. The number of hydrogen-bond acceptors (Lipinski definition) is 6. The van der Waals surface area contributed by atoms with Crippen molar-refractivity contribution >= 4 is 56.3 Å². The highest BCUT2D eigenvalue weighted by atomic mass is 35.5. The van der Waals surface area contributed by atoms with E-state index in [2.05, 4.69) is 24.1 Å². The topological polar surface area (TPSA) is 80.5 Å². The zero-order valence-corrected chi connectivity index (χ0v) is 19.2. The van der Waals surface area contributed by atoms with E-state index < -0.39 is 0 Å². The monoisotopic (exact) mass is 456 g/mol. The van der Waals surface area contributed by atoms with Crippen LogP contribution in [-0.4, -0.2) is 29.6 Å². The van der Waals surface area contributed by atoms with Gasteiger partial charge in [-0.2, -0.15) is 0 Å². The molecule has 0 saturated carbocycles. The summed E-state index contributed by atoms with van der Waals surface area (Å²) in [6.07, 6.45) is 3.06. The van der Waals surface area contributed by atoms with Crippen LogP contribution in [0.5, 0.6) is 0 Å². The molecule has 6 nitrogen and oxygen atoms in total. The van der Waals surface area contributed by atoms with Crippen LogP contribution >= 0.6 is 22.9 Å². The fraction of sp³-hybridized carbons (Fsp3) is 0.391. The molecule has 5 rings (SSSR count). The highest BCUT2D eigenvalue weighted by molar-refractivity contribution is 7.21. The lowest BCUT2D eigenvalue weighted by Gasteiger charge is -2.34. The fourth-order valence-corrected chi connectivity index (χ4v) is 5.64. The molecule has 3 aromatic rings. The van der Waals surface area contributed by atoms with Crippen molar-refractivity contribution in [3.05, 3.63) is 45.3 Å². The third-order valence-corrected chi connectivity index (χ3v) is 7.44. The fourth-order valence-electron chi connectivity index (χ4n) is 4.44. The lowest BCUT2D eigenvalue weighted by molar-refractivity contribution is -0.0395. The van der Waals surface area contributed by atoms with Gasteiger partial charge in [-0.25, -0.2) is 4.98 Å². The van der Waals surface area contributed by atoms with Crippen molar-refractivity contribution in [2.75, 3.05) is 29.0 Å². The third kappa shape index (κ3) is 3.64. The van der Waals surface area contributed by atoms with Crippen molar-refractivity contribution in [3.63, 3.8) is 0 Å². The number of nitrogens with one attached hydrogen (secondary N) is 1. The van der Waals surface area contributed by atoms with E-state index in [1.54, 1.807) is 12.1 Å². The number of nitrogen functional groups attached to an aromatic ring is 1. The quantitative estimate of drug-likeness (QED) is 0.563. The number of pyridine rings is 1. The Hall–Kier alpha value is -2.35. The van der Waals surface area contributed by atoms with Crippen molar-refractivity contribution in [2.45, 2.75) is 45.3 Å². The Balaban J connectivity index is 1.63. The van der Waals surface area contributed by atoms with Crippen LogP contribution in [0.2, 0.25) is 5.02 Å². The Bertz CT molecular complexity index is 1180. The number of ether oxygens (including phenoxy) is 1. The molecule has 8 heteroatoms. The van der Waals surface area contributed by atoms with Gasteiger partial charge in [0, 0.05) is 30.5 Å². The maximum Gasteiger partial charge on any atom is 0.267 e. The van der Waals surface area contributed by atoms with Gasteiger partial charge in [0.1, 0.15) is 15.5 Å². The van der Waals surface area contributed by atoms with E-state index in [0.717, 1.165) is 46.7 Å². The third-order valence-electron chi connectivity index (χ3n) is 6.01. The highest BCUT2D eigenvalue weighted by Gasteiger charge is 2.34. The van der Waals surface area contributed by atoms with Crippen LogP contribution in [0.4, 0.5) is 17.2 Å². The smallest absolute Gasteiger partial charge is 0.267 e. The Morgan fingerprint density at radius 2 is 2.00 bits per heavy atom. The van der Waals surface area contributed by atoms with Crippen LogP contribution in [0.15, 0.2) is 24.3 Å². The lowest BCUT2D eigenvalue weighted by atomic mass is 9.90. The summed E-state index contributed by atoms with van der Waals surface area (Å²) < 4.78 is 6.13. The number of halogens is 1. The van der Waals surface area contributed by atoms with Crippen LogP contribution < -0.4 is 16.0 Å². The lowest BCUT2D eigenvalue weighted by Crippen LogP contribution is -2.34. The first-order chi connectivity index (χ1) is 14.8. The number of hydrogen-bond donors (Lipinski definition) is 2. The van der Waals surface area contributed by atoms with Crippen molar-refractivity contribution in [3.8, 4) is 0 Å². The normalized spacial score (nSPS) is 17.7. The molecule has 0 spiro atoms. The Morgan fingerprint density at radius 1 is 1.26 bits per heavy atom. The molecular formula is C23H25ClN4O2S. The average Bonchev–Trinajstić information content (AvgIpc) is 3.36. The summed E-state index contributed by atoms with van der Waals surface area (Å²) in [7, 11) is 0. The Morgan fingerprint density at radius 3 is 2.74 bits per heavy atom. The first-order valence-corrected chi connectivity index (χ1v) is 11.7. The van der Waals surface area contributed by atoms with E-state index in [9.17, 15) is 4.79 Å². The molecule has 1 aromatic carbocycles. The van der Waals surface area contributed by atoms with Crippen LogP contribution in [0.3, 0.4) is 0 Å². The number of nitrogens with two attached hydrogens (primary N) is 1. The largest absolute Gasteiger partial charge is 0.397 e. The SMILES string of the molecule is CC1(C)Cc2c(c(N3CCCC3)nc3sc(C(=O)Nc4ccccc4Cl)c(N)c23)CO1. The zero-order chi connectivity index (χ0) is 21.8. The van der Waals surface area contributed by atoms with E-state index in [-0.39, 0.29) is 11.5 Å². The van der Waals surface area contributed by atoms with E-state index >= 15 is 0 Å². The second-order valence-corrected chi connectivity index (χ2v) is 10.2. The van der Waals surface area contributed by atoms with Gasteiger partial charge in [0.2, 0.25) is 0 Å². The maximum atomic E-state index is 13.1. The molecule has 0 unspecified atom stereocenters. The first kappa shape index (κ1) is 20.5. The Kier molecular flexibility index (Phi) is 5.07. The predicted molar refractivity (Wildman–Crippen MR) is 127 cm³/mol. The number of carbonyl (C=O) groups is 1. The molecule has 2 aromatic heterocycles. The number of carbonyl (C=O) groups excluding carboxylic acids is 1. The van der Waals surface area contributed by atoms with Gasteiger partial charge in [-0.15, -0.1) is 11.3 Å². The van der Waals surface area contributed by atoms with Gasteiger partial charge < -0.3 is 20.7 Å². The van der Waals surface area contributed by atoms with Crippen molar-refractivity contribution in [1.82, 2.24) is 4.98 Å². The number of amides is 1. The van der Waals surface area contributed by atoms with E-state index in [1.165, 1.54) is 24.2 Å². The van der Waals surface area contributed by atoms with Gasteiger partial charge in [-0.1, -0.05) is 23.7 Å². The summed E-state index contributed by atoms with van der Waals surface area (Å²) in [6.45, 7) is 6.67. The number of nitrogens with zero attached hydrogens (tertiary/aromatic N) is 2. The molecule has 31 heavy (non-hydrogen) atoms. The molecule has 2 aliphatic heterocycles. The number of rotatable bonds is 3. The van der Waals surface area contributed by atoms with Gasteiger partial charge in [-0.05, 0) is 44.4 Å². The number of fused-ring (bicyclic) bond motifs is 3. The van der Waals surface area contributed by atoms with Crippen LogP contribution in [0, 0.1) is 0 Å². The van der Waals surface area contributed by atoms with Crippen LogP contribution in [0.25, 0.3) is 10.2 Å². The number of para-hydroxylation sites is 1. The van der Waals surface area contributed by atoms with Crippen molar-refractivity contribution in [2.24, 2.45) is 0 Å². The first-order valence-electron chi connectivity index (χ1n) is 10.5. The maximum absolute atomic E-state index is 13.1. The molecule has 162 valence electrons. The summed E-state index contributed by atoms with van der Waals surface area (Å²) in [4.78, 5) is 21.7. The standard InChI is InChI=1S/C23H25ClN4O2S/c1-23(2)11-13-14(12-30-23)20(28-9-5-6-10-28)27-22-17(13)18(25)19(31-22)21(29)26-16-8-4-3-7-15(16)24/h3-4,7-8H,5-6,9-12,25H2,1-2H3,(H,26,29). The van der Waals surface area contributed by atoms with Crippen molar-refractivity contribution in [1.29, 1.82) is 0 Å². The molecule has 2 aliphatic rings. The van der Waals surface area contributed by atoms with Gasteiger partial charge in [0.05, 0.1) is 28.6 Å². The summed E-state index contributed by atoms with van der Waals surface area (Å²) in [5.74, 6) is 0.714. The number of thiophene rings is 1.